The molecule has 6 heteroatoms. The van der Waals surface area contributed by atoms with Crippen LogP contribution in [0.3, 0.4) is 0 Å². The second kappa shape index (κ2) is 8.66. The maximum Gasteiger partial charge on any atom is 0.336 e. The number of carboxylic acid groups (broad SMARTS) is 1. The number of benzene rings is 1. The van der Waals surface area contributed by atoms with Crippen LogP contribution in [-0.4, -0.2) is 25.2 Å². The summed E-state index contributed by atoms with van der Waals surface area (Å²) in [4.78, 5) is 11.7. The lowest BCUT2D eigenvalue weighted by atomic mass is 10.1. The average molecular weight is 412 g/mol. The second-order valence-electron chi connectivity index (χ2n) is 7.43. The number of aromatic carboxylic acids is 1. The summed E-state index contributed by atoms with van der Waals surface area (Å²) in [5.41, 5.74) is 4.32. The fraction of sp³-hybridized carbons (Fsp3) is 0.261. The first-order valence-electron chi connectivity index (χ1n) is 9.61. The van der Waals surface area contributed by atoms with Crippen LogP contribution in [0.4, 0.5) is 5.69 Å². The first kappa shape index (κ1) is 20.9. The first-order chi connectivity index (χ1) is 13.8. The zero-order chi connectivity index (χ0) is 21.0. The lowest BCUT2D eigenvalue weighted by molar-refractivity contribution is 0.0698. The van der Waals surface area contributed by atoms with Crippen LogP contribution in [0.2, 0.25) is 0 Å². The summed E-state index contributed by atoms with van der Waals surface area (Å²) in [5, 5.41) is 9.57. The third-order valence-electron chi connectivity index (χ3n) is 4.93. The molecule has 0 fully saturated rings. The molecule has 0 aliphatic heterocycles. The maximum absolute atomic E-state index is 12.3. The van der Waals surface area contributed by atoms with Gasteiger partial charge in [0.15, 0.2) is 0 Å². The topological polar surface area (TPSA) is 83.5 Å². The number of anilines is 1. The molecule has 2 N–H and O–H groups in total. The standard InChI is InChI=1S/C23H25NO4S/c1-16(2)17-10-12-20-18(15-22(23(25)26)21(20)13-11-17)7-6-14-29(27,28)24-19-8-4-3-5-9-19/h3-5,8-13,15-16,24H,6-7,14H2,1-2H3,(H,25,26). The van der Waals surface area contributed by atoms with Crippen LogP contribution >= 0.6 is 0 Å². The highest BCUT2D eigenvalue weighted by Gasteiger charge is 2.20. The highest BCUT2D eigenvalue weighted by molar-refractivity contribution is 7.92. The zero-order valence-corrected chi connectivity index (χ0v) is 17.4. The Kier molecular flexibility index (Phi) is 6.23. The van der Waals surface area contributed by atoms with Gasteiger partial charge in [0.05, 0.1) is 11.3 Å². The van der Waals surface area contributed by atoms with Gasteiger partial charge in [-0.05, 0) is 59.2 Å². The molecule has 0 amide bonds. The van der Waals surface area contributed by atoms with Gasteiger partial charge in [-0.2, -0.15) is 0 Å². The van der Waals surface area contributed by atoms with Gasteiger partial charge in [0.25, 0.3) is 0 Å². The van der Waals surface area contributed by atoms with E-state index >= 15 is 0 Å². The van der Waals surface area contributed by atoms with Crippen molar-refractivity contribution in [3.05, 3.63) is 77.4 Å². The van der Waals surface area contributed by atoms with E-state index in [-0.39, 0.29) is 11.3 Å². The van der Waals surface area contributed by atoms with E-state index in [4.69, 9.17) is 0 Å². The Balaban J connectivity index is 1.78. The molecule has 1 aromatic rings. The molecule has 3 rings (SSSR count). The Labute approximate surface area is 171 Å². The van der Waals surface area contributed by atoms with Crippen molar-refractivity contribution >= 4 is 21.7 Å². The summed E-state index contributed by atoms with van der Waals surface area (Å²) >= 11 is 0. The predicted octanol–water partition coefficient (Wildman–Crippen LogP) is 4.99. The van der Waals surface area contributed by atoms with Crippen molar-refractivity contribution in [2.24, 2.45) is 0 Å². The van der Waals surface area contributed by atoms with Gasteiger partial charge in [-0.25, -0.2) is 13.2 Å². The highest BCUT2D eigenvalue weighted by atomic mass is 32.2. The fourth-order valence-corrected chi connectivity index (χ4v) is 4.52. The van der Waals surface area contributed by atoms with Crippen LogP contribution in [0.1, 0.15) is 47.7 Å². The monoisotopic (exact) mass is 411 g/mol. The number of hydrogen-bond acceptors (Lipinski definition) is 3. The van der Waals surface area contributed by atoms with E-state index in [1.165, 1.54) is 0 Å². The molecule has 2 aliphatic carbocycles. The first-order valence-corrected chi connectivity index (χ1v) is 11.3. The Bertz CT molecular complexity index is 1080. The Morgan fingerprint density at radius 3 is 2.28 bits per heavy atom. The van der Waals surface area contributed by atoms with E-state index in [9.17, 15) is 18.3 Å². The van der Waals surface area contributed by atoms with E-state index in [0.29, 0.717) is 30.0 Å². The minimum Gasteiger partial charge on any atom is -0.478 e. The molecule has 29 heavy (non-hydrogen) atoms. The van der Waals surface area contributed by atoms with Crippen molar-refractivity contribution < 1.29 is 18.3 Å². The van der Waals surface area contributed by atoms with E-state index in [1.807, 2.05) is 30.3 Å². The number of para-hydroxylation sites is 1. The summed E-state index contributed by atoms with van der Waals surface area (Å²) in [7, 11) is -3.47. The third-order valence-corrected chi connectivity index (χ3v) is 6.31. The van der Waals surface area contributed by atoms with Crippen LogP contribution in [0.15, 0.2) is 60.7 Å². The van der Waals surface area contributed by atoms with Gasteiger partial charge in [-0.1, -0.05) is 56.3 Å². The lowest BCUT2D eigenvalue weighted by Crippen LogP contribution is -2.17. The fourth-order valence-electron chi connectivity index (χ4n) is 3.40. The smallest absolute Gasteiger partial charge is 0.336 e. The van der Waals surface area contributed by atoms with Gasteiger partial charge >= 0.3 is 5.97 Å². The van der Waals surface area contributed by atoms with E-state index in [0.717, 1.165) is 16.7 Å². The van der Waals surface area contributed by atoms with Gasteiger partial charge in [-0.15, -0.1) is 0 Å². The summed E-state index contributed by atoms with van der Waals surface area (Å²) < 4.78 is 27.2. The largest absolute Gasteiger partial charge is 0.478 e. The Hall–Kier alpha value is -2.86. The number of fused-ring (bicyclic) bond motifs is 1. The molecule has 0 spiro atoms. The van der Waals surface area contributed by atoms with E-state index in [2.05, 4.69) is 18.6 Å². The van der Waals surface area contributed by atoms with Crippen LogP contribution < -0.4 is 4.72 Å². The Morgan fingerprint density at radius 2 is 1.66 bits per heavy atom. The Morgan fingerprint density at radius 1 is 1.00 bits per heavy atom. The van der Waals surface area contributed by atoms with Crippen molar-refractivity contribution in [2.45, 2.75) is 32.6 Å². The number of sulfonamides is 1. The quantitative estimate of drug-likeness (QED) is 0.547. The number of rotatable bonds is 8. The molecular weight excluding hydrogens is 386 g/mol. The van der Waals surface area contributed by atoms with Gasteiger partial charge in [-0.3, -0.25) is 4.72 Å². The number of aryl methyl sites for hydroxylation is 1. The molecule has 0 radical (unpaired) electrons. The van der Waals surface area contributed by atoms with Gasteiger partial charge in [0.1, 0.15) is 0 Å². The lowest BCUT2D eigenvalue weighted by Gasteiger charge is -2.08. The second-order valence-corrected chi connectivity index (χ2v) is 9.27. The molecule has 0 saturated heterocycles. The normalized spacial score (nSPS) is 11.7. The summed E-state index contributed by atoms with van der Waals surface area (Å²) in [6.45, 7) is 4.17. The molecule has 0 saturated carbocycles. The number of carbonyl (C=O) groups is 1. The third kappa shape index (κ3) is 5.15. The van der Waals surface area contributed by atoms with E-state index in [1.54, 1.807) is 30.3 Å². The molecule has 0 bridgehead atoms. The highest BCUT2D eigenvalue weighted by Crippen LogP contribution is 2.34. The summed E-state index contributed by atoms with van der Waals surface area (Å²) in [6, 6.07) is 18.2. The van der Waals surface area contributed by atoms with Crippen molar-refractivity contribution in [1.29, 1.82) is 0 Å². The van der Waals surface area contributed by atoms with Crippen molar-refractivity contribution in [1.82, 2.24) is 0 Å². The van der Waals surface area contributed by atoms with Crippen LogP contribution in [0, 0.1) is 0 Å². The van der Waals surface area contributed by atoms with Crippen molar-refractivity contribution in [2.75, 3.05) is 10.5 Å². The SMILES string of the molecule is CC(C)c1ccc2c(CCCS(=O)(=O)Nc3ccccc3)cc(C(=O)O)c-2cc1. The van der Waals surface area contributed by atoms with Crippen molar-refractivity contribution in [3.8, 4) is 11.1 Å². The number of hydrogen-bond donors (Lipinski definition) is 2. The molecule has 0 aromatic heterocycles. The number of nitrogens with one attached hydrogen (secondary N) is 1. The van der Waals surface area contributed by atoms with Gasteiger partial charge in [0.2, 0.25) is 10.0 Å². The predicted molar refractivity (Wildman–Crippen MR) is 116 cm³/mol. The molecule has 152 valence electrons. The minimum atomic E-state index is -3.47. The van der Waals surface area contributed by atoms with Crippen LogP contribution in [-0.2, 0) is 16.4 Å². The summed E-state index contributed by atoms with van der Waals surface area (Å²) in [6.07, 6.45) is 0.885. The molecular formula is C23H25NO4S. The van der Waals surface area contributed by atoms with Crippen LogP contribution in [0.5, 0.6) is 0 Å². The van der Waals surface area contributed by atoms with E-state index < -0.39 is 16.0 Å². The molecule has 0 heterocycles. The minimum absolute atomic E-state index is 0.0345. The summed E-state index contributed by atoms with van der Waals surface area (Å²) in [5.74, 6) is -0.679. The van der Waals surface area contributed by atoms with Crippen LogP contribution in [0.25, 0.3) is 11.1 Å². The van der Waals surface area contributed by atoms with Crippen molar-refractivity contribution in [3.63, 3.8) is 0 Å². The zero-order valence-electron chi connectivity index (χ0n) is 16.6. The van der Waals surface area contributed by atoms with Gasteiger partial charge in [0, 0.05) is 5.69 Å². The molecule has 2 aliphatic rings. The number of carboxylic acids is 1. The molecule has 5 nitrogen and oxygen atoms in total. The maximum atomic E-state index is 12.3. The van der Waals surface area contributed by atoms with Gasteiger partial charge < -0.3 is 5.11 Å². The molecule has 0 unspecified atom stereocenters. The average Bonchev–Trinajstić information content (AvgIpc) is 2.85. The molecule has 1 aromatic carbocycles. The molecule has 0 atom stereocenters.